The smallest absolute Gasteiger partial charge is 0.272 e. The van der Waals surface area contributed by atoms with Crippen molar-refractivity contribution in [2.24, 2.45) is 0 Å². The summed E-state index contributed by atoms with van der Waals surface area (Å²) < 4.78 is 1.96. The second-order valence-electron chi connectivity index (χ2n) is 5.50. The van der Waals surface area contributed by atoms with Gasteiger partial charge in [0.15, 0.2) is 0 Å². The molecule has 1 amide bonds. The molecule has 0 fully saturated rings. The van der Waals surface area contributed by atoms with E-state index in [1.165, 1.54) is 12.1 Å². The average molecular weight is 323 g/mol. The van der Waals surface area contributed by atoms with Crippen LogP contribution in [-0.4, -0.2) is 15.4 Å². The number of amides is 1. The summed E-state index contributed by atoms with van der Waals surface area (Å²) >= 11 is 0. The van der Waals surface area contributed by atoms with Gasteiger partial charge in [-0.1, -0.05) is 24.3 Å². The number of non-ortho nitro benzene ring substituents is 1. The molecule has 0 spiro atoms. The van der Waals surface area contributed by atoms with Crippen LogP contribution in [0.25, 0.3) is 10.9 Å². The van der Waals surface area contributed by atoms with Crippen molar-refractivity contribution >= 4 is 28.2 Å². The van der Waals surface area contributed by atoms with Crippen LogP contribution in [0.2, 0.25) is 0 Å². The third kappa shape index (κ3) is 2.62. The van der Waals surface area contributed by atoms with E-state index in [1.807, 2.05) is 42.7 Å². The number of nitrogens with one attached hydrogen (secondary N) is 1. The summed E-state index contributed by atoms with van der Waals surface area (Å²) in [5.41, 5.74) is 2.82. The second-order valence-corrected chi connectivity index (χ2v) is 5.50. The summed E-state index contributed by atoms with van der Waals surface area (Å²) in [7, 11) is 0. The van der Waals surface area contributed by atoms with Gasteiger partial charge in [-0.2, -0.15) is 0 Å². The number of nitrogens with zero attached hydrogens (tertiary/aromatic N) is 2. The van der Waals surface area contributed by atoms with Crippen LogP contribution in [0.1, 0.15) is 23.0 Å². The zero-order chi connectivity index (χ0) is 17.3. The molecule has 0 saturated carbocycles. The Bertz CT molecular complexity index is 944. The van der Waals surface area contributed by atoms with Crippen LogP contribution in [0.3, 0.4) is 0 Å². The fraction of sp³-hybridized carbons (Fsp3) is 0.167. The van der Waals surface area contributed by atoms with E-state index in [0.717, 1.165) is 16.5 Å². The number of aryl methyl sites for hydroxylation is 2. The standard InChI is InChI=1S/C18H17N3O3/c1-3-20-16-10-5-4-9-15(16)12(2)17(20)18(22)19-13-7-6-8-14(11-13)21(23)24/h4-11H,3H2,1-2H3,(H,19,22). The molecule has 6 heteroatoms. The van der Waals surface area contributed by atoms with E-state index < -0.39 is 4.92 Å². The van der Waals surface area contributed by atoms with E-state index in [-0.39, 0.29) is 11.6 Å². The van der Waals surface area contributed by atoms with E-state index in [0.29, 0.717) is 17.9 Å². The van der Waals surface area contributed by atoms with Crippen molar-refractivity contribution in [2.75, 3.05) is 5.32 Å². The van der Waals surface area contributed by atoms with E-state index in [9.17, 15) is 14.9 Å². The average Bonchev–Trinajstić information content (AvgIpc) is 2.87. The molecule has 2 aromatic carbocycles. The van der Waals surface area contributed by atoms with Gasteiger partial charge in [0, 0.05) is 35.3 Å². The van der Waals surface area contributed by atoms with Crippen LogP contribution in [0, 0.1) is 17.0 Å². The lowest BCUT2D eigenvalue weighted by Gasteiger charge is -2.10. The summed E-state index contributed by atoms with van der Waals surface area (Å²) in [4.78, 5) is 23.2. The molecule has 6 nitrogen and oxygen atoms in total. The molecule has 1 N–H and O–H groups in total. The fourth-order valence-corrected chi connectivity index (χ4v) is 2.99. The van der Waals surface area contributed by atoms with Crippen LogP contribution in [0.15, 0.2) is 48.5 Å². The van der Waals surface area contributed by atoms with Gasteiger partial charge in [0.05, 0.1) is 4.92 Å². The first-order valence-electron chi connectivity index (χ1n) is 7.66. The predicted octanol–water partition coefficient (Wildman–Crippen LogP) is 4.13. The molecule has 122 valence electrons. The van der Waals surface area contributed by atoms with Gasteiger partial charge in [-0.25, -0.2) is 0 Å². The number of carbonyl (C=O) groups excluding carboxylic acids is 1. The number of carbonyl (C=O) groups is 1. The normalized spacial score (nSPS) is 10.8. The maximum atomic E-state index is 12.8. The van der Waals surface area contributed by atoms with Gasteiger partial charge in [-0.3, -0.25) is 14.9 Å². The van der Waals surface area contributed by atoms with Crippen molar-refractivity contribution in [3.8, 4) is 0 Å². The summed E-state index contributed by atoms with van der Waals surface area (Å²) in [6, 6.07) is 13.8. The molecule has 0 aliphatic heterocycles. The van der Waals surface area contributed by atoms with E-state index >= 15 is 0 Å². The number of rotatable bonds is 4. The molecule has 24 heavy (non-hydrogen) atoms. The Labute approximate surface area is 138 Å². The summed E-state index contributed by atoms with van der Waals surface area (Å²) in [5.74, 6) is -0.272. The van der Waals surface area contributed by atoms with Crippen molar-refractivity contribution < 1.29 is 9.72 Å². The zero-order valence-corrected chi connectivity index (χ0v) is 13.4. The van der Waals surface area contributed by atoms with Gasteiger partial charge in [-0.15, -0.1) is 0 Å². The monoisotopic (exact) mass is 323 g/mol. The summed E-state index contributed by atoms with van der Waals surface area (Å²) in [6.07, 6.45) is 0. The van der Waals surface area contributed by atoms with Crippen LogP contribution < -0.4 is 5.32 Å². The maximum Gasteiger partial charge on any atom is 0.272 e. The van der Waals surface area contributed by atoms with Crippen molar-refractivity contribution in [3.05, 3.63) is 69.9 Å². The summed E-state index contributed by atoms with van der Waals surface area (Å²) in [6.45, 7) is 4.55. The Kier molecular flexibility index (Phi) is 4.04. The predicted molar refractivity (Wildman–Crippen MR) is 93.4 cm³/mol. The van der Waals surface area contributed by atoms with Gasteiger partial charge in [0.1, 0.15) is 5.69 Å². The molecule has 1 heterocycles. The van der Waals surface area contributed by atoms with Crippen molar-refractivity contribution in [3.63, 3.8) is 0 Å². The molecule has 0 bridgehead atoms. The highest BCUT2D eigenvalue weighted by molar-refractivity contribution is 6.08. The minimum Gasteiger partial charge on any atom is -0.337 e. The minimum absolute atomic E-state index is 0.0550. The lowest BCUT2D eigenvalue weighted by atomic mass is 10.1. The number of nitro groups is 1. The first-order chi connectivity index (χ1) is 11.5. The minimum atomic E-state index is -0.482. The Hall–Kier alpha value is -3.15. The first kappa shape index (κ1) is 15.7. The molecule has 3 rings (SSSR count). The Morgan fingerprint density at radius 3 is 2.67 bits per heavy atom. The van der Waals surface area contributed by atoms with Crippen molar-refractivity contribution in [1.29, 1.82) is 0 Å². The summed E-state index contributed by atoms with van der Waals surface area (Å²) in [5, 5.41) is 14.7. The number of fused-ring (bicyclic) bond motifs is 1. The number of anilines is 1. The lowest BCUT2D eigenvalue weighted by Crippen LogP contribution is -2.17. The fourth-order valence-electron chi connectivity index (χ4n) is 2.99. The number of nitro benzene ring substituents is 1. The van der Waals surface area contributed by atoms with Gasteiger partial charge >= 0.3 is 0 Å². The zero-order valence-electron chi connectivity index (χ0n) is 13.4. The topological polar surface area (TPSA) is 77.2 Å². The Balaban J connectivity index is 2.02. The van der Waals surface area contributed by atoms with E-state index in [4.69, 9.17) is 0 Å². The SMILES string of the molecule is CCn1c(C(=O)Nc2cccc([N+](=O)[O-])c2)c(C)c2ccccc21. The molecular weight excluding hydrogens is 306 g/mol. The highest BCUT2D eigenvalue weighted by Crippen LogP contribution is 2.26. The highest BCUT2D eigenvalue weighted by atomic mass is 16.6. The molecule has 0 saturated heterocycles. The van der Waals surface area contributed by atoms with E-state index in [1.54, 1.807) is 12.1 Å². The second kappa shape index (κ2) is 6.16. The molecule has 0 unspecified atom stereocenters. The molecule has 0 atom stereocenters. The number of hydrogen-bond acceptors (Lipinski definition) is 3. The molecule has 1 aromatic heterocycles. The number of para-hydroxylation sites is 1. The molecular formula is C18H17N3O3. The third-order valence-corrected chi connectivity index (χ3v) is 4.07. The van der Waals surface area contributed by atoms with Crippen LogP contribution >= 0.6 is 0 Å². The quantitative estimate of drug-likeness (QED) is 0.579. The molecule has 0 aliphatic rings. The van der Waals surface area contributed by atoms with Crippen LogP contribution in [0.4, 0.5) is 11.4 Å². The molecule has 0 aliphatic carbocycles. The third-order valence-electron chi connectivity index (χ3n) is 4.07. The maximum absolute atomic E-state index is 12.8. The number of hydrogen-bond donors (Lipinski definition) is 1. The van der Waals surface area contributed by atoms with E-state index in [2.05, 4.69) is 5.32 Å². The lowest BCUT2D eigenvalue weighted by molar-refractivity contribution is -0.384. The van der Waals surface area contributed by atoms with Gasteiger partial charge in [0.25, 0.3) is 11.6 Å². The molecule has 3 aromatic rings. The largest absolute Gasteiger partial charge is 0.337 e. The first-order valence-corrected chi connectivity index (χ1v) is 7.66. The Morgan fingerprint density at radius 1 is 1.21 bits per heavy atom. The van der Waals surface area contributed by atoms with Gasteiger partial charge in [-0.05, 0) is 31.5 Å². The van der Waals surface area contributed by atoms with Crippen LogP contribution in [-0.2, 0) is 6.54 Å². The highest BCUT2D eigenvalue weighted by Gasteiger charge is 2.19. The van der Waals surface area contributed by atoms with Crippen molar-refractivity contribution in [1.82, 2.24) is 4.57 Å². The number of aromatic nitrogens is 1. The van der Waals surface area contributed by atoms with Gasteiger partial charge in [0.2, 0.25) is 0 Å². The Morgan fingerprint density at radius 2 is 1.96 bits per heavy atom. The van der Waals surface area contributed by atoms with Crippen LogP contribution in [0.5, 0.6) is 0 Å². The molecule has 0 radical (unpaired) electrons. The number of benzene rings is 2. The van der Waals surface area contributed by atoms with Gasteiger partial charge < -0.3 is 9.88 Å². The van der Waals surface area contributed by atoms with Crippen molar-refractivity contribution in [2.45, 2.75) is 20.4 Å².